The van der Waals surface area contributed by atoms with E-state index in [2.05, 4.69) is 174 Å². The summed E-state index contributed by atoms with van der Waals surface area (Å²) in [6.07, 6.45) is 0. The summed E-state index contributed by atoms with van der Waals surface area (Å²) in [4.78, 5) is 20.8. The van der Waals surface area contributed by atoms with E-state index < -0.39 is 0 Å². The minimum absolute atomic E-state index is 0.603. The maximum absolute atomic E-state index is 6.92. The molecule has 8 aromatic carbocycles. The van der Waals surface area contributed by atoms with Crippen molar-refractivity contribution in [1.29, 1.82) is 0 Å². The molecule has 58 heavy (non-hydrogen) atoms. The molecule has 6 nitrogen and oxygen atoms in total. The number of hydrogen-bond acceptors (Lipinski definition) is 5. The average molecular weight is 742 g/mol. The number of para-hydroxylation sites is 2. The second-order valence-corrected chi connectivity index (χ2v) is 14.6. The fourth-order valence-electron chi connectivity index (χ4n) is 8.57. The molecule has 270 valence electrons. The number of aromatic nitrogens is 5. The minimum atomic E-state index is 0.603. The van der Waals surface area contributed by atoms with Crippen molar-refractivity contribution in [3.63, 3.8) is 0 Å². The van der Waals surface area contributed by atoms with E-state index in [1.807, 2.05) is 18.2 Å². The van der Waals surface area contributed by atoms with Gasteiger partial charge in [-0.25, -0.2) is 19.9 Å². The summed E-state index contributed by atoms with van der Waals surface area (Å²) in [5.41, 5.74) is 10.3. The molecule has 0 aliphatic heterocycles. The molecule has 6 heteroatoms. The van der Waals surface area contributed by atoms with E-state index in [1.54, 1.807) is 0 Å². The number of furan rings is 1. The van der Waals surface area contributed by atoms with Crippen LogP contribution in [0.3, 0.4) is 0 Å². The number of rotatable bonds is 5. The van der Waals surface area contributed by atoms with Crippen molar-refractivity contribution in [2.45, 2.75) is 0 Å². The molecule has 0 saturated heterocycles. The van der Waals surface area contributed by atoms with Gasteiger partial charge in [0.25, 0.3) is 0 Å². The molecule has 0 amide bonds. The molecule has 0 bridgehead atoms. The predicted molar refractivity (Wildman–Crippen MR) is 236 cm³/mol. The van der Waals surface area contributed by atoms with Gasteiger partial charge in [-0.3, -0.25) is 0 Å². The van der Waals surface area contributed by atoms with Gasteiger partial charge >= 0.3 is 0 Å². The van der Waals surface area contributed by atoms with E-state index in [1.165, 1.54) is 0 Å². The van der Waals surface area contributed by atoms with Crippen molar-refractivity contribution in [2.75, 3.05) is 0 Å². The summed E-state index contributed by atoms with van der Waals surface area (Å²) in [6.45, 7) is 0. The van der Waals surface area contributed by atoms with E-state index in [4.69, 9.17) is 24.4 Å². The Balaban J connectivity index is 1.08. The second kappa shape index (κ2) is 12.8. The number of benzene rings is 8. The minimum Gasteiger partial charge on any atom is -0.453 e. The van der Waals surface area contributed by atoms with Gasteiger partial charge in [-0.1, -0.05) is 140 Å². The lowest BCUT2D eigenvalue weighted by Crippen LogP contribution is -2.01. The summed E-state index contributed by atoms with van der Waals surface area (Å²) in [6, 6.07) is 64.9. The van der Waals surface area contributed by atoms with Gasteiger partial charge < -0.3 is 8.98 Å². The topological polar surface area (TPSA) is 69.6 Å². The van der Waals surface area contributed by atoms with Gasteiger partial charge in [-0.2, -0.15) is 0 Å². The largest absolute Gasteiger partial charge is 0.453 e. The SMILES string of the molecule is c1ccc(-c2nc3ccccc3c3oc4c5ccccc5n(-c5ccc(-c6nc(-c7cccc8ccccc78)nc(-c7cccc8ccccc78)n6)cc5)c4c23)cc1. The fourth-order valence-corrected chi connectivity index (χ4v) is 8.57. The molecule has 0 unspecified atom stereocenters. The Kier molecular flexibility index (Phi) is 7.13. The lowest BCUT2D eigenvalue weighted by atomic mass is 10.0. The van der Waals surface area contributed by atoms with Crippen LogP contribution in [-0.4, -0.2) is 24.5 Å². The predicted octanol–water partition coefficient (Wildman–Crippen LogP) is 13.2. The maximum atomic E-state index is 6.92. The molecule has 0 radical (unpaired) electrons. The van der Waals surface area contributed by atoms with E-state index in [0.29, 0.717) is 17.5 Å². The number of pyridine rings is 1. The van der Waals surface area contributed by atoms with Crippen LogP contribution in [0.25, 0.3) is 117 Å². The van der Waals surface area contributed by atoms with E-state index in [9.17, 15) is 0 Å². The van der Waals surface area contributed by atoms with Gasteiger partial charge in [0.05, 0.1) is 22.1 Å². The van der Waals surface area contributed by atoms with Crippen molar-refractivity contribution in [1.82, 2.24) is 24.5 Å². The number of fused-ring (bicyclic) bond motifs is 9. The van der Waals surface area contributed by atoms with E-state index >= 15 is 0 Å². The van der Waals surface area contributed by atoms with Crippen molar-refractivity contribution < 1.29 is 4.42 Å². The molecule has 4 aromatic heterocycles. The third kappa shape index (κ3) is 4.98. The third-order valence-electron chi connectivity index (χ3n) is 11.2. The van der Waals surface area contributed by atoms with Crippen LogP contribution in [0.2, 0.25) is 0 Å². The first-order chi connectivity index (χ1) is 28.8. The molecule has 0 atom stereocenters. The first kappa shape index (κ1) is 32.3. The standard InChI is InChI=1S/C52H31N5O/c1-2-16-34(17-3-1)46-45-47-49(58-48(45)41-22-8-10-26-43(41)53-46)42-23-9-11-27-44(42)57(47)36-30-28-35(29-31-36)50-54-51(39-24-12-18-32-14-4-6-20-37(32)39)56-52(55-50)40-25-13-19-33-15-5-7-21-38(33)40/h1-31H. The zero-order valence-corrected chi connectivity index (χ0v) is 31.0. The molecule has 0 N–H and O–H groups in total. The van der Waals surface area contributed by atoms with Crippen molar-refractivity contribution in [2.24, 2.45) is 0 Å². The highest BCUT2D eigenvalue weighted by Crippen LogP contribution is 2.44. The molecule has 0 saturated carbocycles. The highest BCUT2D eigenvalue weighted by Gasteiger charge is 2.25. The Morgan fingerprint density at radius 3 is 1.62 bits per heavy atom. The number of nitrogens with zero attached hydrogens (tertiary/aromatic N) is 5. The zero-order chi connectivity index (χ0) is 38.2. The van der Waals surface area contributed by atoms with Gasteiger partial charge in [0, 0.05) is 38.7 Å². The van der Waals surface area contributed by atoms with Gasteiger partial charge in [-0.05, 0) is 70.1 Å². The zero-order valence-electron chi connectivity index (χ0n) is 31.0. The first-order valence-electron chi connectivity index (χ1n) is 19.4. The van der Waals surface area contributed by atoms with Gasteiger partial charge in [0.2, 0.25) is 0 Å². The normalized spacial score (nSPS) is 11.8. The molecule has 12 aromatic rings. The van der Waals surface area contributed by atoms with Crippen LogP contribution < -0.4 is 0 Å². The highest BCUT2D eigenvalue weighted by molar-refractivity contribution is 6.24. The van der Waals surface area contributed by atoms with Crippen LogP contribution in [0.5, 0.6) is 0 Å². The molecule has 0 aliphatic rings. The Bertz CT molecular complexity index is 3460. The highest BCUT2D eigenvalue weighted by atomic mass is 16.3. The summed E-state index contributed by atoms with van der Waals surface area (Å²) in [5.74, 6) is 1.86. The van der Waals surface area contributed by atoms with Crippen LogP contribution in [0.4, 0.5) is 0 Å². The van der Waals surface area contributed by atoms with Crippen LogP contribution in [0.15, 0.2) is 192 Å². The van der Waals surface area contributed by atoms with Crippen molar-refractivity contribution in [3.05, 3.63) is 188 Å². The van der Waals surface area contributed by atoms with Gasteiger partial charge in [0.1, 0.15) is 11.1 Å². The van der Waals surface area contributed by atoms with Gasteiger partial charge in [0.15, 0.2) is 23.1 Å². The van der Waals surface area contributed by atoms with Crippen LogP contribution in [0.1, 0.15) is 0 Å². The quantitative estimate of drug-likeness (QED) is 0.176. The van der Waals surface area contributed by atoms with Crippen molar-refractivity contribution >= 4 is 65.4 Å². The Morgan fingerprint density at radius 2 is 0.931 bits per heavy atom. The molecule has 0 spiro atoms. The maximum Gasteiger partial charge on any atom is 0.164 e. The van der Waals surface area contributed by atoms with Crippen LogP contribution in [0, 0.1) is 0 Å². The lowest BCUT2D eigenvalue weighted by molar-refractivity contribution is 0.676. The lowest BCUT2D eigenvalue weighted by Gasteiger charge is -2.13. The molecule has 12 rings (SSSR count). The number of hydrogen-bond donors (Lipinski definition) is 0. The Morgan fingerprint density at radius 1 is 0.379 bits per heavy atom. The summed E-state index contributed by atoms with van der Waals surface area (Å²) in [5, 5.41) is 7.46. The second-order valence-electron chi connectivity index (χ2n) is 14.6. The summed E-state index contributed by atoms with van der Waals surface area (Å²) < 4.78 is 9.23. The molecule has 0 aliphatic carbocycles. The first-order valence-corrected chi connectivity index (χ1v) is 19.4. The van der Waals surface area contributed by atoms with E-state index in [0.717, 1.165) is 99.1 Å². The smallest absolute Gasteiger partial charge is 0.164 e. The van der Waals surface area contributed by atoms with Crippen molar-refractivity contribution in [3.8, 4) is 51.1 Å². The van der Waals surface area contributed by atoms with Crippen LogP contribution >= 0.6 is 0 Å². The molecular weight excluding hydrogens is 711 g/mol. The molecular formula is C52H31N5O. The van der Waals surface area contributed by atoms with E-state index in [-0.39, 0.29) is 0 Å². The fraction of sp³-hybridized carbons (Fsp3) is 0. The summed E-state index contributed by atoms with van der Waals surface area (Å²) in [7, 11) is 0. The average Bonchev–Trinajstić information content (AvgIpc) is 3.84. The monoisotopic (exact) mass is 741 g/mol. The Hall–Kier alpha value is -7.96. The third-order valence-corrected chi connectivity index (χ3v) is 11.2. The molecule has 0 fully saturated rings. The summed E-state index contributed by atoms with van der Waals surface area (Å²) >= 11 is 0. The Labute approximate surface area is 332 Å². The van der Waals surface area contributed by atoms with Crippen LogP contribution in [-0.2, 0) is 0 Å². The van der Waals surface area contributed by atoms with Gasteiger partial charge in [-0.15, -0.1) is 0 Å². The molecule has 4 heterocycles.